The largest absolute Gasteiger partial charge is 0.465 e. The third kappa shape index (κ3) is 3.95. The molecule has 4 heteroatoms. The van der Waals surface area contributed by atoms with Crippen molar-refractivity contribution in [2.45, 2.75) is 38.5 Å². The zero-order valence-corrected chi connectivity index (χ0v) is 12.0. The molecule has 1 fully saturated rings. The number of hydrogen-bond acceptors (Lipinski definition) is 3. The summed E-state index contributed by atoms with van der Waals surface area (Å²) >= 11 is 0. The van der Waals surface area contributed by atoms with Crippen LogP contribution in [-0.4, -0.2) is 19.6 Å². The number of hydrogen-bond donors (Lipinski definition) is 1. The van der Waals surface area contributed by atoms with Crippen LogP contribution >= 0.6 is 0 Å². The number of carbonyl (C=O) groups is 1. The van der Waals surface area contributed by atoms with Gasteiger partial charge in [-0.15, -0.1) is 0 Å². The van der Waals surface area contributed by atoms with Crippen LogP contribution in [0.1, 0.15) is 48.9 Å². The lowest BCUT2D eigenvalue weighted by atomic mass is 10.00. The molecule has 1 aromatic rings. The average molecular weight is 279 g/mol. The summed E-state index contributed by atoms with van der Waals surface area (Å²) in [6.07, 6.45) is 7.55. The lowest BCUT2D eigenvalue weighted by Crippen LogP contribution is -2.16. The van der Waals surface area contributed by atoms with Crippen LogP contribution in [0.3, 0.4) is 0 Å². The number of esters is 1. The van der Waals surface area contributed by atoms with E-state index in [9.17, 15) is 9.18 Å². The van der Waals surface area contributed by atoms with E-state index in [1.54, 1.807) is 0 Å². The predicted molar refractivity (Wildman–Crippen MR) is 77.4 cm³/mol. The Morgan fingerprint density at radius 1 is 1.30 bits per heavy atom. The van der Waals surface area contributed by atoms with E-state index in [2.05, 4.69) is 5.32 Å². The molecule has 0 bridgehead atoms. The maximum Gasteiger partial charge on any atom is 0.339 e. The van der Waals surface area contributed by atoms with Crippen LogP contribution in [0.15, 0.2) is 18.2 Å². The molecule has 110 valence electrons. The third-order valence-corrected chi connectivity index (χ3v) is 3.94. The summed E-state index contributed by atoms with van der Waals surface area (Å²) in [6.45, 7) is 0.785. The highest BCUT2D eigenvalue weighted by Crippen LogP contribution is 2.24. The quantitative estimate of drug-likeness (QED) is 0.669. The molecule has 1 aliphatic carbocycles. The van der Waals surface area contributed by atoms with Gasteiger partial charge in [0.15, 0.2) is 0 Å². The standard InChI is InChI=1S/C16H22FNO2/c1-20-16(19)14-9-8-13(17)10-15(14)18-11-12-6-4-2-3-5-7-12/h8-10,12,18H,2-7,11H2,1H3. The highest BCUT2D eigenvalue weighted by Gasteiger charge is 2.16. The fourth-order valence-electron chi connectivity index (χ4n) is 2.77. The van der Waals surface area contributed by atoms with Crippen LogP contribution in [0.2, 0.25) is 0 Å². The summed E-state index contributed by atoms with van der Waals surface area (Å²) < 4.78 is 18.1. The van der Waals surface area contributed by atoms with Crippen molar-refractivity contribution < 1.29 is 13.9 Å². The Balaban J connectivity index is 2.03. The van der Waals surface area contributed by atoms with Gasteiger partial charge in [-0.1, -0.05) is 25.7 Å². The SMILES string of the molecule is COC(=O)c1ccc(F)cc1NCC1CCCCCC1. The third-order valence-electron chi connectivity index (χ3n) is 3.94. The number of rotatable bonds is 4. The number of carbonyl (C=O) groups excluding carboxylic acids is 1. The number of ether oxygens (including phenoxy) is 1. The molecule has 1 aromatic carbocycles. The Hall–Kier alpha value is -1.58. The summed E-state index contributed by atoms with van der Waals surface area (Å²) in [6, 6.07) is 4.11. The van der Waals surface area contributed by atoms with Crippen molar-refractivity contribution in [2.24, 2.45) is 5.92 Å². The van der Waals surface area contributed by atoms with Gasteiger partial charge in [-0.05, 0) is 37.0 Å². The maximum absolute atomic E-state index is 13.4. The number of halogens is 1. The molecule has 1 N–H and O–H groups in total. The highest BCUT2D eigenvalue weighted by atomic mass is 19.1. The van der Waals surface area contributed by atoms with Crippen LogP contribution in [0.25, 0.3) is 0 Å². The number of anilines is 1. The lowest BCUT2D eigenvalue weighted by molar-refractivity contribution is 0.0601. The van der Waals surface area contributed by atoms with Crippen LogP contribution in [0.4, 0.5) is 10.1 Å². The lowest BCUT2D eigenvalue weighted by Gasteiger charge is -2.17. The summed E-state index contributed by atoms with van der Waals surface area (Å²) in [4.78, 5) is 11.7. The van der Waals surface area contributed by atoms with Gasteiger partial charge in [0, 0.05) is 6.54 Å². The number of benzene rings is 1. The summed E-state index contributed by atoms with van der Waals surface area (Å²) in [7, 11) is 1.33. The minimum atomic E-state index is -0.437. The minimum Gasteiger partial charge on any atom is -0.465 e. The van der Waals surface area contributed by atoms with Crippen molar-refractivity contribution in [3.8, 4) is 0 Å². The first-order valence-electron chi connectivity index (χ1n) is 7.32. The molecular formula is C16H22FNO2. The molecule has 0 saturated heterocycles. The molecule has 3 nitrogen and oxygen atoms in total. The first-order chi connectivity index (χ1) is 9.70. The predicted octanol–water partition coefficient (Wildman–Crippen LogP) is 3.99. The monoisotopic (exact) mass is 279 g/mol. The summed E-state index contributed by atoms with van der Waals surface area (Å²) in [5.74, 6) is -0.180. The van der Waals surface area contributed by atoms with E-state index in [1.165, 1.54) is 63.8 Å². The molecule has 1 aliphatic rings. The Bertz CT molecular complexity index is 454. The van der Waals surface area contributed by atoms with Gasteiger partial charge in [-0.3, -0.25) is 0 Å². The van der Waals surface area contributed by atoms with Crippen molar-refractivity contribution in [3.63, 3.8) is 0 Å². The Labute approximate surface area is 119 Å². The van der Waals surface area contributed by atoms with Crippen molar-refractivity contribution in [1.82, 2.24) is 0 Å². The molecule has 2 rings (SSSR count). The van der Waals surface area contributed by atoms with Crippen molar-refractivity contribution >= 4 is 11.7 Å². The molecule has 0 amide bonds. The van der Waals surface area contributed by atoms with Crippen molar-refractivity contribution in [1.29, 1.82) is 0 Å². The second-order valence-corrected chi connectivity index (χ2v) is 5.42. The summed E-state index contributed by atoms with van der Waals surface area (Å²) in [5.41, 5.74) is 0.920. The van der Waals surface area contributed by atoms with E-state index in [4.69, 9.17) is 4.74 Å². The fourth-order valence-corrected chi connectivity index (χ4v) is 2.77. The first kappa shape index (κ1) is 14.8. The minimum absolute atomic E-state index is 0.346. The average Bonchev–Trinajstić information content (AvgIpc) is 2.73. The molecule has 20 heavy (non-hydrogen) atoms. The zero-order chi connectivity index (χ0) is 14.4. The first-order valence-corrected chi connectivity index (χ1v) is 7.32. The van der Waals surface area contributed by atoms with Gasteiger partial charge >= 0.3 is 5.97 Å². The fraction of sp³-hybridized carbons (Fsp3) is 0.562. The molecule has 0 radical (unpaired) electrons. The van der Waals surface area contributed by atoms with Crippen LogP contribution in [0, 0.1) is 11.7 Å². The molecule has 0 spiro atoms. The van der Waals surface area contributed by atoms with E-state index in [-0.39, 0.29) is 5.82 Å². The van der Waals surface area contributed by atoms with Gasteiger partial charge in [0.25, 0.3) is 0 Å². The molecule has 1 saturated carbocycles. The summed E-state index contributed by atoms with van der Waals surface area (Å²) in [5, 5.41) is 3.23. The van der Waals surface area contributed by atoms with Gasteiger partial charge in [-0.2, -0.15) is 0 Å². The van der Waals surface area contributed by atoms with Crippen LogP contribution in [-0.2, 0) is 4.74 Å². The normalized spacial score (nSPS) is 16.5. The topological polar surface area (TPSA) is 38.3 Å². The van der Waals surface area contributed by atoms with Crippen molar-refractivity contribution in [2.75, 3.05) is 19.0 Å². The van der Waals surface area contributed by atoms with Gasteiger partial charge in [0.05, 0.1) is 18.4 Å². The van der Waals surface area contributed by atoms with E-state index in [0.717, 1.165) is 6.54 Å². The molecular weight excluding hydrogens is 257 g/mol. The number of nitrogens with one attached hydrogen (secondary N) is 1. The van der Waals surface area contributed by atoms with E-state index >= 15 is 0 Å². The Kier molecular flexibility index (Phi) is 5.39. The van der Waals surface area contributed by atoms with E-state index in [0.29, 0.717) is 17.2 Å². The molecule has 0 aromatic heterocycles. The van der Waals surface area contributed by atoms with Gasteiger partial charge in [-0.25, -0.2) is 9.18 Å². The van der Waals surface area contributed by atoms with Gasteiger partial charge in [0.2, 0.25) is 0 Å². The second-order valence-electron chi connectivity index (χ2n) is 5.42. The molecule has 0 atom stereocenters. The van der Waals surface area contributed by atoms with Crippen LogP contribution < -0.4 is 5.32 Å². The Morgan fingerprint density at radius 3 is 2.65 bits per heavy atom. The van der Waals surface area contributed by atoms with Gasteiger partial charge in [0.1, 0.15) is 5.82 Å². The van der Waals surface area contributed by atoms with Gasteiger partial charge < -0.3 is 10.1 Å². The number of methoxy groups -OCH3 is 1. The van der Waals surface area contributed by atoms with E-state index < -0.39 is 5.97 Å². The Morgan fingerprint density at radius 2 is 2.00 bits per heavy atom. The maximum atomic E-state index is 13.4. The van der Waals surface area contributed by atoms with E-state index in [1.807, 2.05) is 0 Å². The smallest absolute Gasteiger partial charge is 0.339 e. The molecule has 0 aliphatic heterocycles. The highest BCUT2D eigenvalue weighted by molar-refractivity contribution is 5.95. The second kappa shape index (κ2) is 7.27. The molecule has 0 unspecified atom stereocenters. The van der Waals surface area contributed by atoms with Crippen molar-refractivity contribution in [3.05, 3.63) is 29.6 Å². The molecule has 0 heterocycles. The zero-order valence-electron chi connectivity index (χ0n) is 12.0. The van der Waals surface area contributed by atoms with Crippen LogP contribution in [0.5, 0.6) is 0 Å².